The molecule has 4 aromatic rings. The van der Waals surface area contributed by atoms with E-state index in [9.17, 15) is 4.79 Å². The third kappa shape index (κ3) is 5.95. The second-order valence-corrected chi connectivity index (χ2v) is 8.29. The summed E-state index contributed by atoms with van der Waals surface area (Å²) in [6.45, 7) is 0. The van der Waals surface area contributed by atoms with Gasteiger partial charge >= 0.3 is 0 Å². The zero-order valence-corrected chi connectivity index (χ0v) is 21.5. The van der Waals surface area contributed by atoms with Crippen molar-refractivity contribution in [1.29, 1.82) is 0 Å². The van der Waals surface area contributed by atoms with Crippen LogP contribution in [0.1, 0.15) is 5.56 Å². The van der Waals surface area contributed by atoms with Gasteiger partial charge in [0.25, 0.3) is 0 Å². The summed E-state index contributed by atoms with van der Waals surface area (Å²) in [5.41, 5.74) is 1.99. The largest absolute Gasteiger partial charge is 0.493 e. The molecule has 4 rings (SSSR count). The lowest BCUT2D eigenvalue weighted by Crippen LogP contribution is -2.33. The van der Waals surface area contributed by atoms with E-state index in [1.54, 1.807) is 49.5 Å². The molecule has 0 aliphatic carbocycles. The molecule has 3 aromatic carbocycles. The number of nitrogens with zero attached hydrogens (tertiary/aromatic N) is 2. The molecule has 37 heavy (non-hydrogen) atoms. The van der Waals surface area contributed by atoms with Crippen molar-refractivity contribution >= 4 is 35.1 Å². The summed E-state index contributed by atoms with van der Waals surface area (Å²) in [4.78, 5) is 18.5. The minimum absolute atomic E-state index is 0.0314. The molecule has 0 atom stereocenters. The fourth-order valence-corrected chi connectivity index (χ4v) is 3.98. The van der Waals surface area contributed by atoms with Crippen molar-refractivity contribution in [1.82, 2.24) is 10.3 Å². The van der Waals surface area contributed by atoms with E-state index in [1.807, 2.05) is 30.3 Å². The Hall–Kier alpha value is -4.24. The van der Waals surface area contributed by atoms with E-state index in [4.69, 9.17) is 14.2 Å². The number of ether oxygens (including phenoxy) is 3. The number of anilines is 1. The predicted molar refractivity (Wildman–Crippen MR) is 145 cm³/mol. The first-order valence-corrected chi connectivity index (χ1v) is 11.8. The van der Waals surface area contributed by atoms with Gasteiger partial charge in [-0.25, -0.2) is 4.39 Å². The van der Waals surface area contributed by atoms with E-state index in [2.05, 4.69) is 22.9 Å². The number of halogens is 1. The number of fused-ring (bicyclic) bond motifs is 1. The van der Waals surface area contributed by atoms with Crippen molar-refractivity contribution in [3.8, 4) is 23.0 Å². The first-order valence-electron chi connectivity index (χ1n) is 11.3. The molecule has 0 bridgehead atoms. The number of carbonyl (C=O) groups is 1. The summed E-state index contributed by atoms with van der Waals surface area (Å²) in [7, 11) is 4.78. The van der Waals surface area contributed by atoms with Gasteiger partial charge in [-0.3, -0.25) is 9.78 Å². The molecule has 9 heteroatoms. The number of thiol groups is 1. The van der Waals surface area contributed by atoms with Gasteiger partial charge in [-0.1, -0.05) is 30.3 Å². The Labute approximate surface area is 219 Å². The maximum absolute atomic E-state index is 15.1. The standard InChI is InChI=1S/C28H26FN3O4S/c1-32(27(17-37)31-28(33)13-18-7-5-4-6-8-18)19-9-10-24(21(29)14-19)36-23-11-12-30-22-16-26(35-3)25(34-2)15-20(22)23/h4-12,14-17,37H,13H2,1-3H3,(H,31,33)/b27-17+. The maximum Gasteiger partial charge on any atom is 0.229 e. The van der Waals surface area contributed by atoms with Crippen molar-refractivity contribution in [3.05, 3.63) is 95.5 Å². The topological polar surface area (TPSA) is 72.9 Å². The van der Waals surface area contributed by atoms with Crippen LogP contribution in [0.3, 0.4) is 0 Å². The minimum Gasteiger partial charge on any atom is -0.493 e. The lowest BCUT2D eigenvalue weighted by Gasteiger charge is -2.23. The second kappa shape index (κ2) is 11.7. The molecule has 190 valence electrons. The van der Waals surface area contributed by atoms with Crippen LogP contribution in [0.5, 0.6) is 23.0 Å². The smallest absolute Gasteiger partial charge is 0.229 e. The lowest BCUT2D eigenvalue weighted by atomic mass is 10.1. The fraction of sp³-hybridized carbons (Fsp3) is 0.143. The van der Waals surface area contributed by atoms with Crippen LogP contribution >= 0.6 is 12.6 Å². The third-order valence-electron chi connectivity index (χ3n) is 5.69. The summed E-state index contributed by atoms with van der Waals surface area (Å²) in [6.07, 6.45) is 1.78. The number of amides is 1. The van der Waals surface area contributed by atoms with Crippen LogP contribution in [0, 0.1) is 5.82 Å². The second-order valence-electron chi connectivity index (χ2n) is 8.03. The number of rotatable bonds is 9. The molecule has 0 saturated carbocycles. The molecular weight excluding hydrogens is 493 g/mol. The number of methoxy groups -OCH3 is 2. The number of carbonyl (C=O) groups excluding carboxylic acids is 1. The van der Waals surface area contributed by atoms with E-state index in [-0.39, 0.29) is 18.1 Å². The first-order chi connectivity index (χ1) is 17.9. The number of aromatic nitrogens is 1. The molecule has 0 unspecified atom stereocenters. The molecule has 0 saturated heterocycles. The molecule has 0 fully saturated rings. The van der Waals surface area contributed by atoms with Crippen LogP contribution in [0.25, 0.3) is 10.9 Å². The van der Waals surface area contributed by atoms with E-state index >= 15 is 4.39 Å². The van der Waals surface area contributed by atoms with Gasteiger partial charge in [-0.05, 0) is 29.8 Å². The van der Waals surface area contributed by atoms with Gasteiger partial charge in [0.2, 0.25) is 5.91 Å². The highest BCUT2D eigenvalue weighted by Crippen LogP contribution is 2.37. The summed E-state index contributed by atoms with van der Waals surface area (Å²) >= 11 is 4.22. The number of nitrogens with one attached hydrogen (secondary N) is 1. The van der Waals surface area contributed by atoms with Crippen LogP contribution in [0.15, 0.2) is 84.2 Å². The highest BCUT2D eigenvalue weighted by molar-refractivity contribution is 7.83. The summed E-state index contributed by atoms with van der Waals surface area (Å²) in [5, 5.41) is 4.91. The normalized spacial score (nSPS) is 11.2. The molecule has 7 nitrogen and oxygen atoms in total. The van der Waals surface area contributed by atoms with E-state index in [0.29, 0.717) is 39.7 Å². The average Bonchev–Trinajstić information content (AvgIpc) is 2.92. The Morgan fingerprint density at radius 3 is 2.41 bits per heavy atom. The SMILES string of the molecule is COc1cc2nccc(Oc3ccc(N(C)/C(=C/S)NC(=O)Cc4ccccc4)cc3F)c2cc1OC. The predicted octanol–water partition coefficient (Wildman–Crippen LogP) is 5.71. The average molecular weight is 520 g/mol. The van der Waals surface area contributed by atoms with Gasteiger partial charge < -0.3 is 24.4 Å². The third-order valence-corrected chi connectivity index (χ3v) is 5.93. The Morgan fingerprint density at radius 2 is 1.73 bits per heavy atom. The zero-order chi connectivity index (χ0) is 26.4. The van der Waals surface area contributed by atoms with Crippen molar-refractivity contribution in [2.75, 3.05) is 26.2 Å². The molecular formula is C28H26FN3O4S. The lowest BCUT2D eigenvalue weighted by molar-refractivity contribution is -0.119. The van der Waals surface area contributed by atoms with Crippen molar-refractivity contribution in [3.63, 3.8) is 0 Å². The van der Waals surface area contributed by atoms with Crippen LogP contribution in [-0.4, -0.2) is 32.2 Å². The van der Waals surface area contributed by atoms with E-state index in [1.165, 1.54) is 24.7 Å². The van der Waals surface area contributed by atoms with E-state index < -0.39 is 5.82 Å². The quantitative estimate of drug-likeness (QED) is 0.276. The van der Waals surface area contributed by atoms with E-state index in [0.717, 1.165) is 5.56 Å². The number of hydrogen-bond acceptors (Lipinski definition) is 7. The Morgan fingerprint density at radius 1 is 1.00 bits per heavy atom. The van der Waals surface area contributed by atoms with Crippen molar-refractivity contribution < 1.29 is 23.4 Å². The molecule has 0 spiro atoms. The Kier molecular flexibility index (Phi) is 8.15. The molecule has 1 aromatic heterocycles. The molecule has 0 aliphatic heterocycles. The van der Waals surface area contributed by atoms with Gasteiger partial charge in [-0.2, -0.15) is 0 Å². The summed E-state index contributed by atoms with van der Waals surface area (Å²) in [5.74, 6) is 1.09. The van der Waals surface area contributed by atoms with Gasteiger partial charge in [-0.15, -0.1) is 12.6 Å². The van der Waals surface area contributed by atoms with Gasteiger partial charge in [0.1, 0.15) is 11.6 Å². The monoisotopic (exact) mass is 519 g/mol. The van der Waals surface area contributed by atoms with Crippen LogP contribution in [-0.2, 0) is 11.2 Å². The molecule has 0 aliphatic rings. The minimum atomic E-state index is -0.580. The molecule has 1 N–H and O–H groups in total. The zero-order valence-electron chi connectivity index (χ0n) is 20.6. The van der Waals surface area contributed by atoms with Gasteiger partial charge in [0.05, 0.1) is 26.2 Å². The van der Waals surface area contributed by atoms with Crippen LogP contribution in [0.4, 0.5) is 10.1 Å². The first kappa shape index (κ1) is 25.8. The summed E-state index contributed by atoms with van der Waals surface area (Å²) < 4.78 is 31.8. The Bertz CT molecular complexity index is 1450. The van der Waals surface area contributed by atoms with Crippen molar-refractivity contribution in [2.45, 2.75) is 6.42 Å². The fourth-order valence-electron chi connectivity index (χ4n) is 3.75. The van der Waals surface area contributed by atoms with Gasteiger partial charge in [0, 0.05) is 41.9 Å². The number of hydrogen-bond donors (Lipinski definition) is 2. The van der Waals surface area contributed by atoms with Crippen LogP contribution in [0.2, 0.25) is 0 Å². The number of pyridine rings is 1. The number of benzene rings is 3. The molecule has 0 radical (unpaired) electrons. The van der Waals surface area contributed by atoms with Crippen LogP contribution < -0.4 is 24.4 Å². The maximum atomic E-state index is 15.1. The van der Waals surface area contributed by atoms with Gasteiger partial charge in [0.15, 0.2) is 23.1 Å². The molecule has 1 amide bonds. The highest BCUT2D eigenvalue weighted by Gasteiger charge is 2.16. The van der Waals surface area contributed by atoms with Crippen molar-refractivity contribution in [2.24, 2.45) is 0 Å². The Balaban J connectivity index is 1.52. The summed E-state index contributed by atoms with van der Waals surface area (Å²) in [6, 6.07) is 19.0. The molecule has 1 heterocycles. The highest BCUT2D eigenvalue weighted by atomic mass is 32.1.